The first-order chi connectivity index (χ1) is 10.3. The maximum atomic E-state index is 6.25. The Morgan fingerprint density at radius 1 is 1.38 bits per heavy atom. The van der Waals surface area contributed by atoms with Crippen LogP contribution in [0, 0.1) is 0 Å². The van der Waals surface area contributed by atoms with Crippen molar-refractivity contribution in [3.8, 4) is 10.6 Å². The average Bonchev–Trinajstić information content (AvgIpc) is 2.86. The van der Waals surface area contributed by atoms with Crippen molar-refractivity contribution in [3.05, 3.63) is 40.4 Å². The summed E-state index contributed by atoms with van der Waals surface area (Å²) < 4.78 is 0. The van der Waals surface area contributed by atoms with Crippen LogP contribution in [0.2, 0.25) is 5.02 Å². The molecule has 0 spiro atoms. The Bertz CT molecular complexity index is 595. The molecule has 0 aliphatic carbocycles. The van der Waals surface area contributed by atoms with Crippen LogP contribution in [0.3, 0.4) is 0 Å². The van der Waals surface area contributed by atoms with Gasteiger partial charge in [-0.25, -0.2) is 4.98 Å². The molecule has 2 aromatic rings. The predicted octanol–water partition coefficient (Wildman–Crippen LogP) is 3.65. The van der Waals surface area contributed by atoms with Gasteiger partial charge in [-0.15, -0.1) is 11.3 Å². The van der Waals surface area contributed by atoms with E-state index in [1.165, 1.54) is 6.42 Å². The van der Waals surface area contributed by atoms with Crippen molar-refractivity contribution in [1.29, 1.82) is 0 Å². The van der Waals surface area contributed by atoms with Crippen LogP contribution in [0.5, 0.6) is 0 Å². The van der Waals surface area contributed by atoms with Gasteiger partial charge in [0.15, 0.2) is 0 Å². The molecule has 1 aliphatic rings. The Morgan fingerprint density at radius 2 is 2.19 bits per heavy atom. The Morgan fingerprint density at radius 3 is 2.86 bits per heavy atom. The van der Waals surface area contributed by atoms with Gasteiger partial charge in [-0.2, -0.15) is 0 Å². The van der Waals surface area contributed by atoms with Crippen LogP contribution in [0.1, 0.15) is 19.0 Å². The van der Waals surface area contributed by atoms with E-state index in [1.807, 2.05) is 24.3 Å². The largest absolute Gasteiger partial charge is 0.314 e. The molecule has 0 unspecified atom stereocenters. The summed E-state index contributed by atoms with van der Waals surface area (Å²) in [6, 6.07) is 8.57. The third kappa shape index (κ3) is 3.46. The Balaban J connectivity index is 1.73. The topological polar surface area (TPSA) is 28.2 Å². The summed E-state index contributed by atoms with van der Waals surface area (Å²) in [4.78, 5) is 7.31. The molecule has 3 rings (SSSR count). The molecule has 5 heteroatoms. The molecule has 1 aliphatic heterocycles. The molecule has 1 aromatic heterocycles. The molecule has 1 saturated heterocycles. The molecule has 112 valence electrons. The number of halogens is 1. The van der Waals surface area contributed by atoms with Crippen LogP contribution in [0.15, 0.2) is 29.6 Å². The Hall–Kier alpha value is -0.940. The third-order valence-electron chi connectivity index (χ3n) is 3.81. The highest BCUT2D eigenvalue weighted by Gasteiger charge is 2.24. The standard InChI is InChI=1S/C16H20ClN3S/c1-2-7-20(13-8-18-9-13)10-12-11-21-16(19-12)14-5-3-4-6-15(14)17/h3-6,11,13,18H,2,7-10H2,1H3. The molecule has 2 heterocycles. The highest BCUT2D eigenvalue weighted by atomic mass is 35.5. The summed E-state index contributed by atoms with van der Waals surface area (Å²) >= 11 is 7.93. The van der Waals surface area contributed by atoms with Crippen LogP contribution in [0.25, 0.3) is 10.6 Å². The van der Waals surface area contributed by atoms with Crippen LogP contribution in [-0.4, -0.2) is 35.6 Å². The summed E-state index contributed by atoms with van der Waals surface area (Å²) in [5, 5.41) is 7.29. The average molecular weight is 322 g/mol. The maximum Gasteiger partial charge on any atom is 0.125 e. The zero-order chi connectivity index (χ0) is 14.7. The van der Waals surface area contributed by atoms with E-state index >= 15 is 0 Å². The molecule has 1 fully saturated rings. The van der Waals surface area contributed by atoms with Gasteiger partial charge in [0.2, 0.25) is 0 Å². The van der Waals surface area contributed by atoms with E-state index in [1.54, 1.807) is 11.3 Å². The fourth-order valence-corrected chi connectivity index (χ4v) is 3.69. The van der Waals surface area contributed by atoms with Crippen molar-refractivity contribution in [2.75, 3.05) is 19.6 Å². The number of hydrogen-bond donors (Lipinski definition) is 1. The molecular formula is C16H20ClN3S. The van der Waals surface area contributed by atoms with Gasteiger partial charge in [0.05, 0.1) is 10.7 Å². The van der Waals surface area contributed by atoms with E-state index in [-0.39, 0.29) is 0 Å². The number of thiazole rings is 1. The van der Waals surface area contributed by atoms with E-state index in [4.69, 9.17) is 16.6 Å². The smallest absolute Gasteiger partial charge is 0.125 e. The summed E-state index contributed by atoms with van der Waals surface area (Å²) in [7, 11) is 0. The lowest BCUT2D eigenvalue weighted by atomic mass is 10.1. The maximum absolute atomic E-state index is 6.25. The first kappa shape index (κ1) is 15.0. The molecule has 0 atom stereocenters. The van der Waals surface area contributed by atoms with Gasteiger partial charge in [0.25, 0.3) is 0 Å². The van der Waals surface area contributed by atoms with Gasteiger partial charge < -0.3 is 5.32 Å². The summed E-state index contributed by atoms with van der Waals surface area (Å²) in [5.74, 6) is 0. The van der Waals surface area contributed by atoms with Crippen molar-refractivity contribution in [1.82, 2.24) is 15.2 Å². The second kappa shape index (κ2) is 6.88. The second-order valence-electron chi connectivity index (χ2n) is 5.41. The number of benzene rings is 1. The lowest BCUT2D eigenvalue weighted by Crippen LogP contribution is -2.57. The minimum absolute atomic E-state index is 0.662. The van der Waals surface area contributed by atoms with Crippen LogP contribution < -0.4 is 5.32 Å². The van der Waals surface area contributed by atoms with Gasteiger partial charge >= 0.3 is 0 Å². The van der Waals surface area contributed by atoms with Gasteiger partial charge in [-0.05, 0) is 19.0 Å². The molecule has 0 bridgehead atoms. The van der Waals surface area contributed by atoms with Crippen molar-refractivity contribution >= 4 is 22.9 Å². The number of nitrogens with one attached hydrogen (secondary N) is 1. The highest BCUT2D eigenvalue weighted by Crippen LogP contribution is 2.30. The van der Waals surface area contributed by atoms with Crippen molar-refractivity contribution in [2.24, 2.45) is 0 Å². The summed E-state index contributed by atoms with van der Waals surface area (Å²) in [6.07, 6.45) is 1.18. The predicted molar refractivity (Wildman–Crippen MR) is 89.9 cm³/mol. The number of hydrogen-bond acceptors (Lipinski definition) is 4. The first-order valence-corrected chi connectivity index (χ1v) is 8.67. The summed E-state index contributed by atoms with van der Waals surface area (Å²) in [5.41, 5.74) is 2.18. The fourth-order valence-electron chi connectivity index (χ4n) is 2.56. The molecule has 0 saturated carbocycles. The molecular weight excluding hydrogens is 302 g/mol. The first-order valence-electron chi connectivity index (χ1n) is 7.42. The molecule has 1 N–H and O–H groups in total. The molecule has 0 amide bonds. The van der Waals surface area contributed by atoms with E-state index in [9.17, 15) is 0 Å². The van der Waals surface area contributed by atoms with E-state index in [2.05, 4.69) is 22.5 Å². The van der Waals surface area contributed by atoms with Crippen LogP contribution in [0.4, 0.5) is 0 Å². The second-order valence-corrected chi connectivity index (χ2v) is 6.67. The van der Waals surface area contributed by atoms with Crippen molar-refractivity contribution in [3.63, 3.8) is 0 Å². The SMILES string of the molecule is CCCN(Cc1csc(-c2ccccc2Cl)n1)C1CNC1. The lowest BCUT2D eigenvalue weighted by molar-refractivity contribution is 0.136. The monoisotopic (exact) mass is 321 g/mol. The molecule has 3 nitrogen and oxygen atoms in total. The number of aromatic nitrogens is 1. The quantitative estimate of drug-likeness (QED) is 0.880. The van der Waals surface area contributed by atoms with Gasteiger partial charge in [-0.3, -0.25) is 4.90 Å². The van der Waals surface area contributed by atoms with E-state index in [0.717, 1.165) is 47.5 Å². The Labute approximate surface area is 135 Å². The summed E-state index contributed by atoms with van der Waals surface area (Å²) in [6.45, 7) is 6.49. The molecule has 0 radical (unpaired) electrons. The molecule has 1 aromatic carbocycles. The number of nitrogens with zero attached hydrogens (tertiary/aromatic N) is 2. The fraction of sp³-hybridized carbons (Fsp3) is 0.438. The molecule has 21 heavy (non-hydrogen) atoms. The van der Waals surface area contributed by atoms with Crippen LogP contribution in [-0.2, 0) is 6.54 Å². The van der Waals surface area contributed by atoms with E-state index in [0.29, 0.717) is 6.04 Å². The normalized spacial score (nSPS) is 15.4. The third-order valence-corrected chi connectivity index (χ3v) is 5.06. The Kier molecular flexibility index (Phi) is 4.91. The van der Waals surface area contributed by atoms with Gasteiger partial charge in [0, 0.05) is 36.6 Å². The van der Waals surface area contributed by atoms with Gasteiger partial charge in [0.1, 0.15) is 5.01 Å². The van der Waals surface area contributed by atoms with Gasteiger partial charge in [-0.1, -0.05) is 36.7 Å². The minimum atomic E-state index is 0.662. The van der Waals surface area contributed by atoms with Crippen molar-refractivity contribution < 1.29 is 0 Å². The lowest BCUT2D eigenvalue weighted by Gasteiger charge is -2.37. The highest BCUT2D eigenvalue weighted by molar-refractivity contribution is 7.13. The van der Waals surface area contributed by atoms with Crippen LogP contribution >= 0.6 is 22.9 Å². The number of rotatable bonds is 6. The zero-order valence-electron chi connectivity index (χ0n) is 12.2. The van der Waals surface area contributed by atoms with Crippen molar-refractivity contribution in [2.45, 2.75) is 25.9 Å². The van der Waals surface area contributed by atoms with E-state index < -0.39 is 0 Å². The zero-order valence-corrected chi connectivity index (χ0v) is 13.8. The minimum Gasteiger partial charge on any atom is -0.314 e.